The van der Waals surface area contributed by atoms with E-state index < -0.39 is 0 Å². The van der Waals surface area contributed by atoms with Crippen LogP contribution in [0.4, 0.5) is 0 Å². The number of carbonyl (C=O) groups excluding carboxylic acids is 1. The summed E-state index contributed by atoms with van der Waals surface area (Å²) in [6.45, 7) is 5.04. The highest BCUT2D eigenvalue weighted by atomic mass is 16.5. The molecule has 0 amide bonds. The normalized spacial score (nSPS) is 11.9. The van der Waals surface area contributed by atoms with Crippen molar-refractivity contribution in [3.63, 3.8) is 0 Å². The molecule has 1 aromatic carbocycles. The van der Waals surface area contributed by atoms with Gasteiger partial charge in [0.2, 0.25) is 0 Å². The Labute approximate surface area is 121 Å². The summed E-state index contributed by atoms with van der Waals surface area (Å²) in [4.78, 5) is 11.8. The van der Waals surface area contributed by atoms with E-state index >= 15 is 0 Å². The second kappa shape index (κ2) is 9.37. The fraction of sp³-hybridized carbons (Fsp3) is 0.562. The Morgan fingerprint density at radius 1 is 1.30 bits per heavy atom. The van der Waals surface area contributed by atoms with Crippen LogP contribution in [0.5, 0.6) is 5.75 Å². The lowest BCUT2D eigenvalue weighted by Gasteiger charge is -2.17. The highest BCUT2D eigenvalue weighted by Crippen LogP contribution is 2.17. The van der Waals surface area contributed by atoms with Crippen molar-refractivity contribution in [3.8, 4) is 5.75 Å². The molecule has 0 aromatic heterocycles. The SMILES string of the molecule is CCCC(NCCc1ccccc1OC)C(=O)OCC. The summed E-state index contributed by atoms with van der Waals surface area (Å²) < 4.78 is 10.4. The van der Waals surface area contributed by atoms with E-state index in [1.165, 1.54) is 0 Å². The minimum absolute atomic E-state index is 0.158. The molecule has 1 aromatic rings. The molecule has 0 heterocycles. The van der Waals surface area contributed by atoms with Gasteiger partial charge in [0.05, 0.1) is 13.7 Å². The van der Waals surface area contributed by atoms with E-state index in [1.54, 1.807) is 7.11 Å². The first-order valence-corrected chi connectivity index (χ1v) is 7.24. The van der Waals surface area contributed by atoms with Gasteiger partial charge in [0.15, 0.2) is 0 Å². The van der Waals surface area contributed by atoms with E-state index in [1.807, 2.05) is 31.2 Å². The number of nitrogens with one attached hydrogen (secondary N) is 1. The summed E-state index contributed by atoms with van der Waals surface area (Å²) in [7, 11) is 1.67. The number of carbonyl (C=O) groups is 1. The largest absolute Gasteiger partial charge is 0.496 e. The first-order valence-electron chi connectivity index (χ1n) is 7.24. The molecule has 1 atom stereocenters. The molecule has 0 radical (unpaired) electrons. The first kappa shape index (κ1) is 16.5. The van der Waals surface area contributed by atoms with Gasteiger partial charge in [-0.05, 0) is 31.4 Å². The summed E-state index contributed by atoms with van der Waals surface area (Å²) >= 11 is 0. The third-order valence-electron chi connectivity index (χ3n) is 3.13. The molecular weight excluding hydrogens is 254 g/mol. The minimum atomic E-state index is -0.213. The molecule has 1 N–H and O–H groups in total. The molecule has 0 spiro atoms. The maximum Gasteiger partial charge on any atom is 0.323 e. The summed E-state index contributed by atoms with van der Waals surface area (Å²) in [5, 5.41) is 3.27. The van der Waals surface area contributed by atoms with Crippen molar-refractivity contribution in [1.82, 2.24) is 5.32 Å². The van der Waals surface area contributed by atoms with Gasteiger partial charge >= 0.3 is 5.97 Å². The number of hydrogen-bond acceptors (Lipinski definition) is 4. The van der Waals surface area contributed by atoms with Gasteiger partial charge in [0.25, 0.3) is 0 Å². The van der Waals surface area contributed by atoms with E-state index in [9.17, 15) is 4.79 Å². The van der Waals surface area contributed by atoms with Crippen LogP contribution in [0.2, 0.25) is 0 Å². The van der Waals surface area contributed by atoms with E-state index in [0.717, 1.165) is 37.1 Å². The van der Waals surface area contributed by atoms with Gasteiger partial charge in [-0.3, -0.25) is 4.79 Å². The number of ether oxygens (including phenoxy) is 2. The van der Waals surface area contributed by atoms with Gasteiger partial charge in [0.1, 0.15) is 11.8 Å². The molecule has 0 aliphatic carbocycles. The predicted octanol–water partition coefficient (Wildman–Crippen LogP) is 2.56. The summed E-state index contributed by atoms with van der Waals surface area (Å²) in [5.41, 5.74) is 1.14. The van der Waals surface area contributed by atoms with Crippen LogP contribution in [0, 0.1) is 0 Å². The number of para-hydroxylation sites is 1. The van der Waals surface area contributed by atoms with Crippen LogP contribution in [-0.2, 0) is 16.0 Å². The van der Waals surface area contributed by atoms with Gasteiger partial charge in [-0.25, -0.2) is 0 Å². The van der Waals surface area contributed by atoms with Crippen LogP contribution in [0.1, 0.15) is 32.3 Å². The maximum atomic E-state index is 11.8. The average molecular weight is 279 g/mol. The van der Waals surface area contributed by atoms with Crippen molar-refractivity contribution in [2.24, 2.45) is 0 Å². The molecule has 0 aliphatic rings. The van der Waals surface area contributed by atoms with Crippen LogP contribution >= 0.6 is 0 Å². The number of benzene rings is 1. The maximum absolute atomic E-state index is 11.8. The van der Waals surface area contributed by atoms with Gasteiger partial charge in [-0.15, -0.1) is 0 Å². The molecule has 0 bridgehead atoms. The van der Waals surface area contributed by atoms with Crippen LogP contribution in [0.25, 0.3) is 0 Å². The fourth-order valence-corrected chi connectivity index (χ4v) is 2.13. The van der Waals surface area contributed by atoms with E-state index in [4.69, 9.17) is 9.47 Å². The van der Waals surface area contributed by atoms with Crippen molar-refractivity contribution in [3.05, 3.63) is 29.8 Å². The zero-order chi connectivity index (χ0) is 14.8. The van der Waals surface area contributed by atoms with Crippen molar-refractivity contribution in [2.45, 2.75) is 39.2 Å². The smallest absolute Gasteiger partial charge is 0.323 e. The third-order valence-corrected chi connectivity index (χ3v) is 3.13. The lowest BCUT2D eigenvalue weighted by Crippen LogP contribution is -2.39. The topological polar surface area (TPSA) is 47.6 Å². The van der Waals surface area contributed by atoms with Gasteiger partial charge in [-0.2, -0.15) is 0 Å². The number of methoxy groups -OCH3 is 1. The molecule has 4 heteroatoms. The van der Waals surface area contributed by atoms with Crippen molar-refractivity contribution in [2.75, 3.05) is 20.3 Å². The Morgan fingerprint density at radius 2 is 2.05 bits per heavy atom. The summed E-state index contributed by atoms with van der Waals surface area (Å²) in [5.74, 6) is 0.729. The molecule has 1 unspecified atom stereocenters. The number of hydrogen-bond donors (Lipinski definition) is 1. The molecule has 0 fully saturated rings. The Balaban J connectivity index is 2.49. The quantitative estimate of drug-likeness (QED) is 0.706. The van der Waals surface area contributed by atoms with Crippen molar-refractivity contribution >= 4 is 5.97 Å². The standard InChI is InChI=1S/C16H25NO3/c1-4-8-14(16(18)20-5-2)17-12-11-13-9-6-7-10-15(13)19-3/h6-7,9-10,14,17H,4-5,8,11-12H2,1-3H3. The second-order valence-electron chi connectivity index (χ2n) is 4.61. The molecular formula is C16H25NO3. The average Bonchev–Trinajstić information content (AvgIpc) is 2.47. The summed E-state index contributed by atoms with van der Waals surface area (Å²) in [6, 6.07) is 7.72. The van der Waals surface area contributed by atoms with Crippen molar-refractivity contribution in [1.29, 1.82) is 0 Å². The molecule has 112 valence electrons. The first-order chi connectivity index (χ1) is 9.72. The zero-order valence-electron chi connectivity index (χ0n) is 12.6. The predicted molar refractivity (Wildman–Crippen MR) is 80.0 cm³/mol. The lowest BCUT2D eigenvalue weighted by atomic mass is 10.1. The highest BCUT2D eigenvalue weighted by molar-refractivity contribution is 5.75. The number of rotatable bonds is 9. The molecule has 4 nitrogen and oxygen atoms in total. The van der Waals surface area contributed by atoms with Crippen LogP contribution < -0.4 is 10.1 Å². The lowest BCUT2D eigenvalue weighted by molar-refractivity contribution is -0.145. The Morgan fingerprint density at radius 3 is 2.70 bits per heavy atom. The molecule has 0 aliphatic heterocycles. The van der Waals surface area contributed by atoms with E-state index in [2.05, 4.69) is 12.2 Å². The summed E-state index contributed by atoms with van der Waals surface area (Å²) in [6.07, 6.45) is 2.57. The number of esters is 1. The molecule has 20 heavy (non-hydrogen) atoms. The Bertz CT molecular complexity index is 406. The minimum Gasteiger partial charge on any atom is -0.496 e. The van der Waals surface area contributed by atoms with Crippen molar-refractivity contribution < 1.29 is 14.3 Å². The molecule has 0 saturated carbocycles. The Hall–Kier alpha value is -1.55. The highest BCUT2D eigenvalue weighted by Gasteiger charge is 2.17. The zero-order valence-corrected chi connectivity index (χ0v) is 12.6. The van der Waals surface area contributed by atoms with Gasteiger partial charge in [-0.1, -0.05) is 31.5 Å². The third kappa shape index (κ3) is 5.21. The van der Waals surface area contributed by atoms with Crippen LogP contribution in [0.15, 0.2) is 24.3 Å². The molecule has 1 rings (SSSR count). The van der Waals surface area contributed by atoms with E-state index in [0.29, 0.717) is 6.61 Å². The monoisotopic (exact) mass is 279 g/mol. The van der Waals surface area contributed by atoms with Gasteiger partial charge < -0.3 is 14.8 Å². The van der Waals surface area contributed by atoms with Crippen LogP contribution in [0.3, 0.4) is 0 Å². The molecule has 0 saturated heterocycles. The van der Waals surface area contributed by atoms with E-state index in [-0.39, 0.29) is 12.0 Å². The fourth-order valence-electron chi connectivity index (χ4n) is 2.13. The van der Waals surface area contributed by atoms with Gasteiger partial charge in [0, 0.05) is 6.54 Å². The second-order valence-corrected chi connectivity index (χ2v) is 4.61. The Kier molecular flexibility index (Phi) is 7.73. The van der Waals surface area contributed by atoms with Crippen LogP contribution in [-0.4, -0.2) is 32.3 Å².